The van der Waals surface area contributed by atoms with Gasteiger partial charge in [-0.1, -0.05) is 22.8 Å². The van der Waals surface area contributed by atoms with Crippen LogP contribution in [0.5, 0.6) is 0 Å². The molecule has 2 aliphatic heterocycles. The van der Waals surface area contributed by atoms with Crippen molar-refractivity contribution in [2.45, 2.75) is 19.3 Å². The summed E-state index contributed by atoms with van der Waals surface area (Å²) in [5, 5.41) is 16.5. The van der Waals surface area contributed by atoms with Crippen molar-refractivity contribution >= 4 is 29.0 Å². The number of hydrogen-bond acceptors (Lipinski definition) is 6. The van der Waals surface area contributed by atoms with Gasteiger partial charge in [0.25, 0.3) is 0 Å². The Bertz CT molecular complexity index is 992. The van der Waals surface area contributed by atoms with Gasteiger partial charge in [0.1, 0.15) is 17.5 Å². The van der Waals surface area contributed by atoms with Gasteiger partial charge in [-0.15, -0.1) is 0 Å². The molecule has 2 aromatic rings. The van der Waals surface area contributed by atoms with Crippen LogP contribution in [0.25, 0.3) is 0 Å². The molecule has 4 rings (SSSR count). The van der Waals surface area contributed by atoms with E-state index in [-0.39, 0.29) is 5.02 Å². The molecule has 0 saturated carbocycles. The van der Waals surface area contributed by atoms with Crippen LogP contribution in [-0.4, -0.2) is 66.0 Å². The van der Waals surface area contributed by atoms with Gasteiger partial charge in [0.15, 0.2) is 0 Å². The molecule has 3 heterocycles. The van der Waals surface area contributed by atoms with E-state index < -0.39 is 5.82 Å². The molecule has 0 aliphatic carbocycles. The summed E-state index contributed by atoms with van der Waals surface area (Å²) in [6.45, 7) is 5.32. The van der Waals surface area contributed by atoms with E-state index in [1.807, 2.05) is 6.07 Å². The Balaban J connectivity index is 1.41. The van der Waals surface area contributed by atoms with Gasteiger partial charge in [-0.25, -0.2) is 9.37 Å². The lowest BCUT2D eigenvalue weighted by Crippen LogP contribution is -2.37. The number of nitrogens with zero attached hydrogens (tertiary/aromatic N) is 4. The molecular weight excluding hydrogens is 421 g/mol. The number of fused-ring (bicyclic) bond motifs is 1. The predicted molar refractivity (Wildman–Crippen MR) is 119 cm³/mol. The van der Waals surface area contributed by atoms with Gasteiger partial charge < -0.3 is 15.3 Å². The number of anilines is 1. The fourth-order valence-corrected chi connectivity index (χ4v) is 4.06. The number of morpholine rings is 1. The Kier molecular flexibility index (Phi) is 7.11. The van der Waals surface area contributed by atoms with Crippen LogP contribution >= 0.6 is 11.6 Å². The third-order valence-electron chi connectivity index (χ3n) is 5.49. The maximum Gasteiger partial charge on any atom is 0.141 e. The average Bonchev–Trinajstić information content (AvgIpc) is 3.21. The van der Waals surface area contributed by atoms with E-state index in [0.717, 1.165) is 74.2 Å². The van der Waals surface area contributed by atoms with E-state index >= 15 is 0 Å². The number of rotatable bonds is 7. The zero-order chi connectivity index (χ0) is 21.6. The van der Waals surface area contributed by atoms with Gasteiger partial charge in [0.2, 0.25) is 0 Å². The fraction of sp³-hybridized carbons (Fsp3) is 0.409. The molecule has 9 heteroatoms. The molecular formula is C22H25ClFN5O2. The van der Waals surface area contributed by atoms with Gasteiger partial charge in [-0.05, 0) is 30.2 Å². The monoisotopic (exact) mass is 445 g/mol. The van der Waals surface area contributed by atoms with Gasteiger partial charge in [0.05, 0.1) is 23.9 Å². The first-order valence-electron chi connectivity index (χ1n) is 10.4. The third-order valence-corrected chi connectivity index (χ3v) is 5.78. The highest BCUT2D eigenvalue weighted by molar-refractivity contribution is 6.30. The molecule has 1 fully saturated rings. The van der Waals surface area contributed by atoms with Crippen LogP contribution in [0.3, 0.4) is 0 Å². The van der Waals surface area contributed by atoms with Crippen molar-refractivity contribution in [3.05, 3.63) is 58.0 Å². The van der Waals surface area contributed by atoms with Crippen molar-refractivity contribution in [2.75, 3.05) is 44.7 Å². The Hall–Kier alpha value is -2.55. The van der Waals surface area contributed by atoms with E-state index in [2.05, 4.69) is 20.4 Å². The van der Waals surface area contributed by atoms with Crippen LogP contribution in [0.2, 0.25) is 5.02 Å². The number of benzene rings is 1. The minimum atomic E-state index is -0.476. The number of nitrogens with one attached hydrogen (secondary N) is 1. The molecule has 31 heavy (non-hydrogen) atoms. The summed E-state index contributed by atoms with van der Waals surface area (Å²) in [6.07, 6.45) is 3.57. The summed E-state index contributed by atoms with van der Waals surface area (Å²) in [4.78, 5) is 11.5. The Labute approximate surface area is 185 Å². The van der Waals surface area contributed by atoms with E-state index in [4.69, 9.17) is 21.3 Å². The van der Waals surface area contributed by atoms with Crippen LogP contribution in [0.4, 0.5) is 10.2 Å². The lowest BCUT2D eigenvalue weighted by atomic mass is 9.98. The van der Waals surface area contributed by atoms with Gasteiger partial charge in [-0.3, -0.25) is 9.89 Å². The summed E-state index contributed by atoms with van der Waals surface area (Å²) in [5.74, 6) is 1.11. The topological polar surface area (TPSA) is 82.3 Å². The number of amidine groups is 1. The first-order valence-corrected chi connectivity index (χ1v) is 10.8. The maximum absolute atomic E-state index is 13.4. The molecule has 1 aromatic heterocycles. The lowest BCUT2D eigenvalue weighted by molar-refractivity contribution is 0.0377. The van der Waals surface area contributed by atoms with Gasteiger partial charge in [0, 0.05) is 56.3 Å². The number of halogens is 2. The Morgan fingerprint density at radius 3 is 2.90 bits per heavy atom. The van der Waals surface area contributed by atoms with E-state index in [0.29, 0.717) is 18.6 Å². The second-order valence-electron chi connectivity index (χ2n) is 7.60. The van der Waals surface area contributed by atoms with Gasteiger partial charge in [-0.2, -0.15) is 0 Å². The van der Waals surface area contributed by atoms with Gasteiger partial charge >= 0.3 is 0 Å². The minimum Gasteiger partial charge on any atom is -0.411 e. The van der Waals surface area contributed by atoms with Crippen molar-refractivity contribution < 1.29 is 14.3 Å². The minimum absolute atomic E-state index is 0.0444. The van der Waals surface area contributed by atoms with Crippen molar-refractivity contribution in [3.8, 4) is 0 Å². The lowest BCUT2D eigenvalue weighted by Gasteiger charge is -2.26. The predicted octanol–water partition coefficient (Wildman–Crippen LogP) is 3.38. The van der Waals surface area contributed by atoms with Crippen LogP contribution in [0, 0.1) is 5.82 Å². The average molecular weight is 446 g/mol. The number of aromatic nitrogens is 1. The number of aliphatic imine (C=N–C) groups is 1. The molecule has 0 amide bonds. The SMILES string of the molecule is O/N=C(\Cc1ccc(F)c(Cl)c1)c1ccnc2c1CC(=NCCCN1CCOCC1)N2. The summed E-state index contributed by atoms with van der Waals surface area (Å²) >= 11 is 5.89. The zero-order valence-corrected chi connectivity index (χ0v) is 17.9. The molecule has 0 spiro atoms. The Morgan fingerprint density at radius 2 is 2.13 bits per heavy atom. The Morgan fingerprint density at radius 1 is 1.29 bits per heavy atom. The first-order chi connectivity index (χ1) is 15.1. The highest BCUT2D eigenvalue weighted by Gasteiger charge is 2.23. The molecule has 0 bridgehead atoms. The molecule has 0 atom stereocenters. The maximum atomic E-state index is 13.4. The van der Waals surface area contributed by atoms with Crippen LogP contribution in [0.15, 0.2) is 40.6 Å². The first kappa shape index (κ1) is 21.7. The van der Waals surface area contributed by atoms with Crippen LogP contribution in [0.1, 0.15) is 23.1 Å². The second kappa shape index (κ2) is 10.2. The zero-order valence-electron chi connectivity index (χ0n) is 17.2. The van der Waals surface area contributed by atoms with E-state index in [9.17, 15) is 9.60 Å². The molecule has 2 N–H and O–H groups in total. The van der Waals surface area contributed by atoms with Crippen molar-refractivity contribution in [2.24, 2.45) is 10.1 Å². The van der Waals surface area contributed by atoms with E-state index in [1.165, 1.54) is 6.07 Å². The summed E-state index contributed by atoms with van der Waals surface area (Å²) in [5.41, 5.74) is 2.96. The summed E-state index contributed by atoms with van der Waals surface area (Å²) in [6, 6.07) is 6.31. The molecule has 2 aliphatic rings. The molecule has 0 radical (unpaired) electrons. The largest absolute Gasteiger partial charge is 0.411 e. The standard InChI is InChI=1S/C22H25ClFN5O2/c23-18-12-15(2-3-19(18)24)13-20(28-30)16-4-6-26-22-17(16)14-21(27-22)25-5-1-7-29-8-10-31-11-9-29/h2-4,6,12,30H,1,5,7-11,13-14H2,(H,25,26,27)/b28-20+. The van der Waals surface area contributed by atoms with Crippen molar-refractivity contribution in [1.82, 2.24) is 9.88 Å². The highest BCUT2D eigenvalue weighted by Crippen LogP contribution is 2.26. The number of oxime groups is 1. The molecule has 1 saturated heterocycles. The van der Waals surface area contributed by atoms with Crippen molar-refractivity contribution in [1.29, 1.82) is 0 Å². The summed E-state index contributed by atoms with van der Waals surface area (Å²) < 4.78 is 18.8. The molecule has 164 valence electrons. The smallest absolute Gasteiger partial charge is 0.141 e. The fourth-order valence-electron chi connectivity index (χ4n) is 3.85. The number of pyridine rings is 1. The summed E-state index contributed by atoms with van der Waals surface area (Å²) in [7, 11) is 0. The van der Waals surface area contributed by atoms with Crippen LogP contribution in [-0.2, 0) is 17.6 Å². The van der Waals surface area contributed by atoms with E-state index in [1.54, 1.807) is 18.3 Å². The quantitative estimate of drug-likeness (QED) is 0.295. The van der Waals surface area contributed by atoms with Crippen LogP contribution < -0.4 is 5.32 Å². The second-order valence-corrected chi connectivity index (χ2v) is 8.00. The van der Waals surface area contributed by atoms with Crippen molar-refractivity contribution in [3.63, 3.8) is 0 Å². The molecule has 0 unspecified atom stereocenters. The molecule has 1 aromatic carbocycles. The number of hydrogen-bond donors (Lipinski definition) is 2. The third kappa shape index (κ3) is 5.39. The normalized spacial score (nSPS) is 18.3. The number of ether oxygens (including phenoxy) is 1. The highest BCUT2D eigenvalue weighted by atomic mass is 35.5. The molecule has 7 nitrogen and oxygen atoms in total.